The molecule has 0 unspecified atom stereocenters. The van der Waals surface area contributed by atoms with E-state index in [1.165, 1.54) is 56.0 Å². The Morgan fingerprint density at radius 3 is 1.70 bits per heavy atom. The number of carbonyl (C=O) groups excluding carboxylic acids is 2. The first kappa shape index (κ1) is 53.1. The van der Waals surface area contributed by atoms with Gasteiger partial charge in [-0.1, -0.05) is 23.3 Å². The van der Waals surface area contributed by atoms with Gasteiger partial charge in [-0.05, 0) is 203 Å². The molecule has 3 heterocycles. The van der Waals surface area contributed by atoms with Crippen molar-refractivity contribution in [1.29, 1.82) is 0 Å². The monoisotopic (exact) mass is 1060 g/mol. The first-order valence-electron chi connectivity index (χ1n) is 26.0. The third kappa shape index (κ3) is 10.2. The van der Waals surface area contributed by atoms with Gasteiger partial charge in [0, 0.05) is 38.4 Å². The molecule has 0 amide bonds. The molecule has 4 atom stereocenters. The molecule has 3 aromatic heterocycles. The first-order valence-corrected chi connectivity index (χ1v) is 27.5. The first-order chi connectivity index (χ1) is 36.9. The minimum Gasteiger partial charge on any atom is -0.497 e. The Morgan fingerprint density at radius 1 is 0.714 bits per heavy atom. The fourth-order valence-electron chi connectivity index (χ4n) is 12.0. The third-order valence-corrected chi connectivity index (χ3v) is 18.3. The Bertz CT molecular complexity index is 3560. The van der Waals surface area contributed by atoms with E-state index in [0.29, 0.717) is 37.9 Å². The van der Waals surface area contributed by atoms with Crippen LogP contribution in [0.5, 0.6) is 11.5 Å². The number of hydrogen-bond donors (Lipinski definition) is 1. The van der Waals surface area contributed by atoms with Crippen LogP contribution in [-0.4, -0.2) is 79.9 Å². The lowest BCUT2D eigenvalue weighted by Crippen LogP contribution is -2.49. The highest BCUT2D eigenvalue weighted by atomic mass is 32.2. The largest absolute Gasteiger partial charge is 0.497 e. The molecule has 17 heteroatoms. The van der Waals surface area contributed by atoms with Gasteiger partial charge in [-0.15, -0.1) is 0 Å². The van der Waals surface area contributed by atoms with E-state index < -0.39 is 26.9 Å². The van der Waals surface area contributed by atoms with Gasteiger partial charge in [-0.25, -0.2) is 26.6 Å². The number of nitrogens with one attached hydrogen (secondary N) is 1. The highest BCUT2D eigenvalue weighted by Gasteiger charge is 2.50. The van der Waals surface area contributed by atoms with Crippen LogP contribution in [0.15, 0.2) is 126 Å². The van der Waals surface area contributed by atoms with Crippen molar-refractivity contribution in [3.63, 3.8) is 0 Å². The maximum atomic E-state index is 14.2. The number of ether oxygens (including phenoxy) is 2. The fraction of sp³-hybridized carbons (Fsp3) is 0.350. The number of fused-ring (bicyclic) bond motifs is 4. The van der Waals surface area contributed by atoms with Crippen molar-refractivity contribution in [3.05, 3.63) is 177 Å². The van der Waals surface area contributed by atoms with Gasteiger partial charge >= 0.3 is 0 Å². The molecule has 400 valence electrons. The molecule has 7 aromatic rings. The summed E-state index contributed by atoms with van der Waals surface area (Å²) in [5.41, 5.74) is 10.4. The Labute approximate surface area is 448 Å². The minimum atomic E-state index is -4.00. The lowest BCUT2D eigenvalue weighted by atomic mass is 9.61. The average molecular weight is 1060 g/mol. The summed E-state index contributed by atoms with van der Waals surface area (Å²) in [6.07, 6.45) is 14.5. The maximum absolute atomic E-state index is 14.2. The van der Waals surface area contributed by atoms with E-state index in [1.54, 1.807) is 76.5 Å². The number of rotatable bonds is 14. The predicted molar refractivity (Wildman–Crippen MR) is 290 cm³/mol. The molecule has 0 bridgehead atoms. The number of aryl methyl sites for hydroxylation is 3. The van der Waals surface area contributed by atoms with Crippen LogP contribution in [-0.2, 0) is 52.6 Å². The van der Waals surface area contributed by atoms with Gasteiger partial charge in [0.1, 0.15) is 34.7 Å². The molecule has 0 aliphatic heterocycles. The minimum absolute atomic E-state index is 0.000515. The number of halogens is 2. The molecule has 77 heavy (non-hydrogen) atoms. The topological polar surface area (TPSA) is 155 Å². The van der Waals surface area contributed by atoms with Crippen LogP contribution in [0.25, 0.3) is 23.5 Å². The van der Waals surface area contributed by atoms with Crippen LogP contribution in [0.4, 0.5) is 8.78 Å². The standard InChI is InChI=1S/C32H34FN5O4S.C28H30FN3O2/c1-21-15-29(42-4)12-5-23(21)20-37(43(40,41)31-13-14-36(3)35-31)28-9-6-25-16-30-24(17-32(25,18-28)22(2)39)19-34-38(30)27-10-7-26(33)8-11-27;1-18-12-26(34-3)11-4-20(18)16-30-24-8-5-22-13-27-21(14-28(22,15-24)19(2)33)17-31-32(27)25-9-6-23(29)7-10-25/h5,7-8,10-16,19,28H,6,9,17-18,20H2,1-4H3;4,6-7,9-13,17,24,30H,5,8,14-16H2,1-3H3/t28-,32+;24-,28+/m00/s1. The molecule has 2 saturated carbocycles. The number of hydrogen-bond acceptors (Lipinski definition) is 10. The lowest BCUT2D eigenvalue weighted by Gasteiger charge is -2.46. The highest BCUT2D eigenvalue weighted by molar-refractivity contribution is 7.89. The van der Waals surface area contributed by atoms with E-state index in [1.807, 2.05) is 48.1 Å². The number of Topliss-reactive ketones (excluding diaryl/α,β-unsaturated/α-hetero) is 2. The van der Waals surface area contributed by atoms with Crippen molar-refractivity contribution in [2.45, 2.75) is 109 Å². The molecule has 11 rings (SSSR count). The molecule has 1 N–H and O–H groups in total. The van der Waals surface area contributed by atoms with Crippen LogP contribution in [0.1, 0.15) is 97.1 Å². The summed E-state index contributed by atoms with van der Waals surface area (Å²) >= 11 is 0. The molecule has 4 aliphatic rings. The Hall–Kier alpha value is -7.34. The maximum Gasteiger partial charge on any atom is 0.262 e. The van der Waals surface area contributed by atoms with Gasteiger partial charge in [0.05, 0.1) is 60.2 Å². The second kappa shape index (κ2) is 21.2. The molecule has 4 aliphatic carbocycles. The van der Waals surface area contributed by atoms with Crippen LogP contribution < -0.4 is 14.8 Å². The summed E-state index contributed by atoms with van der Waals surface area (Å²) in [7, 11) is 0.959. The van der Waals surface area contributed by atoms with Crippen molar-refractivity contribution in [2.24, 2.45) is 17.9 Å². The average Bonchev–Trinajstić information content (AvgIpc) is 4.23. The highest BCUT2D eigenvalue weighted by Crippen LogP contribution is 2.51. The van der Waals surface area contributed by atoms with Crippen LogP contribution in [0.2, 0.25) is 0 Å². The third-order valence-electron chi connectivity index (χ3n) is 16.5. The summed E-state index contributed by atoms with van der Waals surface area (Å²) < 4.78 is 72.7. The Kier molecular flexibility index (Phi) is 14.6. The molecular weight excluding hydrogens is 999 g/mol. The SMILES string of the molecule is COc1ccc(CN([C@H]2CCC3=Cc4c(cnn4-c4ccc(F)cc4)C[C@]3(C(C)=O)C2)S(=O)(=O)c2ccn(C)n2)c(C)c1.COc1ccc(CN[C@H]2CCC3=Cc4c(cnn4-c4ccc(F)cc4)C[C@]3(C(C)=O)C2)c(C)c1. The summed E-state index contributed by atoms with van der Waals surface area (Å²) in [6.45, 7) is 8.25. The zero-order chi connectivity index (χ0) is 54.4. The number of sulfonamides is 1. The second-order valence-electron chi connectivity index (χ2n) is 21.0. The van der Waals surface area contributed by atoms with E-state index in [-0.39, 0.29) is 40.8 Å². The van der Waals surface area contributed by atoms with Gasteiger partial charge in [0.15, 0.2) is 5.03 Å². The van der Waals surface area contributed by atoms with Gasteiger partial charge in [0.25, 0.3) is 10.0 Å². The van der Waals surface area contributed by atoms with Crippen molar-refractivity contribution in [1.82, 2.24) is 39.0 Å². The van der Waals surface area contributed by atoms with Crippen molar-refractivity contribution in [3.8, 4) is 22.9 Å². The Morgan fingerprint density at radius 2 is 1.22 bits per heavy atom. The number of nitrogens with zero attached hydrogens (tertiary/aromatic N) is 7. The number of carbonyl (C=O) groups is 2. The van der Waals surface area contributed by atoms with Gasteiger partial charge in [-0.2, -0.15) is 19.6 Å². The second-order valence-corrected chi connectivity index (χ2v) is 22.9. The predicted octanol–water partition coefficient (Wildman–Crippen LogP) is 10.2. The summed E-state index contributed by atoms with van der Waals surface area (Å²) in [5, 5.41) is 17.1. The molecule has 0 spiro atoms. The van der Waals surface area contributed by atoms with Gasteiger partial charge in [0.2, 0.25) is 0 Å². The summed E-state index contributed by atoms with van der Waals surface area (Å²) in [6, 6.07) is 25.6. The fourth-order valence-corrected chi connectivity index (χ4v) is 13.6. The summed E-state index contributed by atoms with van der Waals surface area (Å²) in [4.78, 5) is 26.6. The number of ketones is 2. The van der Waals surface area contributed by atoms with E-state index in [0.717, 1.165) is 82.1 Å². The zero-order valence-corrected chi connectivity index (χ0v) is 45.3. The van der Waals surface area contributed by atoms with Crippen molar-refractivity contribution >= 4 is 33.7 Å². The molecular formula is C60H64F2N8O6S. The van der Waals surface area contributed by atoms with Crippen LogP contribution >= 0.6 is 0 Å². The van der Waals surface area contributed by atoms with E-state index in [9.17, 15) is 26.8 Å². The van der Waals surface area contributed by atoms with E-state index in [4.69, 9.17) is 9.47 Å². The molecule has 4 aromatic carbocycles. The quantitative estimate of drug-likeness (QED) is 0.111. The Balaban J connectivity index is 0.000000179. The summed E-state index contributed by atoms with van der Waals surface area (Å²) in [5.74, 6) is 1.18. The van der Waals surface area contributed by atoms with Gasteiger partial charge < -0.3 is 14.8 Å². The number of benzene rings is 4. The van der Waals surface area contributed by atoms with E-state index in [2.05, 4.69) is 45.7 Å². The van der Waals surface area contributed by atoms with Gasteiger partial charge in [-0.3, -0.25) is 14.3 Å². The number of allylic oxidation sites excluding steroid dienone is 2. The van der Waals surface area contributed by atoms with E-state index >= 15 is 0 Å². The molecule has 0 saturated heterocycles. The van der Waals surface area contributed by atoms with Crippen LogP contribution in [0, 0.1) is 36.3 Å². The number of aromatic nitrogens is 6. The molecule has 0 radical (unpaired) electrons. The number of methoxy groups -OCH3 is 2. The molecule has 2 fully saturated rings. The lowest BCUT2D eigenvalue weighted by molar-refractivity contribution is -0.127. The smallest absolute Gasteiger partial charge is 0.262 e. The zero-order valence-electron chi connectivity index (χ0n) is 44.5. The van der Waals surface area contributed by atoms with Crippen LogP contribution in [0.3, 0.4) is 0 Å². The molecule has 14 nitrogen and oxygen atoms in total. The van der Waals surface area contributed by atoms with Crippen molar-refractivity contribution < 1.29 is 36.3 Å². The normalized spacial score (nSPS) is 20.6. The van der Waals surface area contributed by atoms with Crippen molar-refractivity contribution in [2.75, 3.05) is 14.2 Å².